The summed E-state index contributed by atoms with van der Waals surface area (Å²) in [5.41, 5.74) is 0. The van der Waals surface area contributed by atoms with E-state index in [1.807, 2.05) is 14.7 Å². The van der Waals surface area contributed by atoms with Crippen LogP contribution in [0.3, 0.4) is 0 Å². The second-order valence-corrected chi connectivity index (χ2v) is 9.36. The SMILES string of the molecule is CCN(CC)C[C@@H]1C(=O)N(CN(CC)CC)[C@H]2[C@H]1N(CN(CC)CC)C(=O)N2CN(CC)CC. The lowest BCUT2D eigenvalue weighted by Crippen LogP contribution is -2.53. The molecule has 0 aliphatic carbocycles. The number of rotatable bonds is 16. The molecule has 2 saturated heterocycles. The highest BCUT2D eigenvalue weighted by Crippen LogP contribution is 2.38. The van der Waals surface area contributed by atoms with Gasteiger partial charge in [0.1, 0.15) is 6.17 Å². The normalized spacial score (nSPS) is 23.1. The van der Waals surface area contributed by atoms with Crippen molar-refractivity contribution < 1.29 is 9.59 Å². The number of carbonyl (C=O) groups excluding carboxylic acids is 2. The first-order valence-electron chi connectivity index (χ1n) is 13.6. The van der Waals surface area contributed by atoms with Crippen LogP contribution in [0.15, 0.2) is 0 Å². The molecule has 9 heteroatoms. The van der Waals surface area contributed by atoms with Gasteiger partial charge in [-0.3, -0.25) is 24.4 Å². The van der Waals surface area contributed by atoms with E-state index in [0.717, 1.165) is 52.4 Å². The summed E-state index contributed by atoms with van der Waals surface area (Å²) in [7, 11) is 0. The first kappa shape index (κ1) is 28.8. The molecule has 2 heterocycles. The van der Waals surface area contributed by atoms with Gasteiger partial charge in [0.2, 0.25) is 5.91 Å². The summed E-state index contributed by atoms with van der Waals surface area (Å²) >= 11 is 0. The number of hydrogen-bond donors (Lipinski definition) is 0. The van der Waals surface area contributed by atoms with Crippen molar-refractivity contribution in [1.82, 2.24) is 34.3 Å². The molecule has 2 rings (SSSR count). The van der Waals surface area contributed by atoms with Gasteiger partial charge < -0.3 is 14.7 Å². The highest BCUT2D eigenvalue weighted by molar-refractivity contribution is 5.88. The number of urea groups is 1. The van der Waals surface area contributed by atoms with Crippen molar-refractivity contribution in [2.75, 3.05) is 78.9 Å². The fourth-order valence-electron chi connectivity index (χ4n) is 5.33. The van der Waals surface area contributed by atoms with Gasteiger partial charge in [0.15, 0.2) is 0 Å². The second-order valence-electron chi connectivity index (χ2n) is 9.36. The maximum Gasteiger partial charge on any atom is 0.324 e. The minimum Gasteiger partial charge on any atom is -0.306 e. The van der Waals surface area contributed by atoms with E-state index in [9.17, 15) is 9.59 Å². The van der Waals surface area contributed by atoms with Crippen LogP contribution in [0.4, 0.5) is 4.79 Å². The van der Waals surface area contributed by atoms with Gasteiger partial charge in [-0.2, -0.15) is 0 Å². The molecular formula is C25H51N7O2. The van der Waals surface area contributed by atoms with Crippen LogP contribution in [0.2, 0.25) is 0 Å². The Balaban J connectivity index is 2.52. The lowest BCUT2D eigenvalue weighted by atomic mass is 10.00. The van der Waals surface area contributed by atoms with Crippen LogP contribution in [-0.4, -0.2) is 137 Å². The smallest absolute Gasteiger partial charge is 0.306 e. The van der Waals surface area contributed by atoms with Crippen molar-refractivity contribution in [3.63, 3.8) is 0 Å². The predicted octanol–water partition coefficient (Wildman–Crippen LogP) is 2.12. The molecule has 0 N–H and O–H groups in total. The largest absolute Gasteiger partial charge is 0.324 e. The lowest BCUT2D eigenvalue weighted by molar-refractivity contribution is -0.136. The first-order valence-corrected chi connectivity index (χ1v) is 13.6. The topological polar surface area (TPSA) is 56.8 Å². The van der Waals surface area contributed by atoms with E-state index >= 15 is 0 Å². The second kappa shape index (κ2) is 13.6. The zero-order chi connectivity index (χ0) is 25.4. The van der Waals surface area contributed by atoms with Gasteiger partial charge in [0.05, 0.1) is 32.0 Å². The molecule has 2 fully saturated rings. The minimum absolute atomic E-state index is 0.0652. The van der Waals surface area contributed by atoms with Crippen LogP contribution >= 0.6 is 0 Å². The molecule has 0 saturated carbocycles. The Kier molecular flexibility index (Phi) is 11.5. The van der Waals surface area contributed by atoms with E-state index in [1.54, 1.807) is 0 Å². The van der Waals surface area contributed by atoms with Gasteiger partial charge >= 0.3 is 6.03 Å². The molecular weight excluding hydrogens is 430 g/mol. The van der Waals surface area contributed by atoms with Crippen molar-refractivity contribution in [2.45, 2.75) is 67.6 Å². The van der Waals surface area contributed by atoms with E-state index in [0.29, 0.717) is 26.6 Å². The van der Waals surface area contributed by atoms with Gasteiger partial charge in [0.25, 0.3) is 0 Å². The predicted molar refractivity (Wildman–Crippen MR) is 138 cm³/mol. The van der Waals surface area contributed by atoms with E-state index in [1.165, 1.54) is 0 Å². The molecule has 0 spiro atoms. The Hall–Kier alpha value is -1.42. The third kappa shape index (κ3) is 6.04. The fraction of sp³-hybridized carbons (Fsp3) is 0.920. The lowest BCUT2D eigenvalue weighted by Gasteiger charge is -2.36. The van der Waals surface area contributed by atoms with Crippen molar-refractivity contribution in [2.24, 2.45) is 5.92 Å². The van der Waals surface area contributed by atoms with E-state index in [-0.39, 0.29) is 30.1 Å². The van der Waals surface area contributed by atoms with Gasteiger partial charge in [-0.1, -0.05) is 55.4 Å². The maximum atomic E-state index is 14.0. The standard InChI is InChI=1S/C25H51N7O2/c1-9-26(10-2)17-21-22-23(31(24(21)33)19-28(13-5)14-6)32(20-29(15-7)16-8)25(34)30(22)18-27(11-3)12-4/h21-23H,9-20H2,1-8H3/t21-,22-,23+/m0/s1. The zero-order valence-electron chi connectivity index (χ0n) is 23.2. The minimum atomic E-state index is -0.225. The monoisotopic (exact) mass is 481 g/mol. The number of nitrogens with zero attached hydrogens (tertiary/aromatic N) is 7. The van der Waals surface area contributed by atoms with Crippen LogP contribution in [0.25, 0.3) is 0 Å². The van der Waals surface area contributed by atoms with Crippen LogP contribution in [0, 0.1) is 5.92 Å². The number of amides is 3. The highest BCUT2D eigenvalue weighted by Gasteiger charge is 2.60. The maximum absolute atomic E-state index is 14.0. The summed E-state index contributed by atoms with van der Waals surface area (Å²) in [5, 5.41) is 0. The molecule has 0 radical (unpaired) electrons. The van der Waals surface area contributed by atoms with Crippen LogP contribution < -0.4 is 0 Å². The number of carbonyl (C=O) groups is 2. The number of hydrogen-bond acceptors (Lipinski definition) is 6. The first-order chi connectivity index (χ1) is 16.3. The molecule has 0 bridgehead atoms. The van der Waals surface area contributed by atoms with E-state index in [2.05, 4.69) is 75.0 Å². The summed E-state index contributed by atoms with van der Waals surface area (Å²) in [6.07, 6.45) is -0.225. The van der Waals surface area contributed by atoms with Crippen molar-refractivity contribution in [1.29, 1.82) is 0 Å². The third-order valence-electron chi connectivity index (χ3n) is 7.90. The average Bonchev–Trinajstić information content (AvgIpc) is 3.27. The summed E-state index contributed by atoms with van der Waals surface area (Å²) < 4.78 is 0. The Bertz CT molecular complexity index is 531. The van der Waals surface area contributed by atoms with E-state index in [4.69, 9.17) is 0 Å². The van der Waals surface area contributed by atoms with Gasteiger partial charge in [-0.05, 0) is 52.4 Å². The average molecular weight is 482 g/mol. The highest BCUT2D eigenvalue weighted by atomic mass is 16.2. The molecule has 0 unspecified atom stereocenters. The quantitative estimate of drug-likeness (QED) is 0.337. The summed E-state index contributed by atoms with van der Waals surface area (Å²) in [6, 6.07) is -0.0669. The fourth-order valence-corrected chi connectivity index (χ4v) is 5.33. The van der Waals surface area contributed by atoms with Gasteiger partial charge in [-0.15, -0.1) is 0 Å². The summed E-state index contributed by atoms with van der Waals surface area (Å²) in [6.45, 7) is 26.6. The van der Waals surface area contributed by atoms with Crippen molar-refractivity contribution in [3.05, 3.63) is 0 Å². The van der Waals surface area contributed by atoms with Crippen LogP contribution in [0.1, 0.15) is 55.4 Å². The number of fused-ring (bicyclic) bond motifs is 1. The molecule has 9 nitrogen and oxygen atoms in total. The molecule has 34 heavy (non-hydrogen) atoms. The Morgan fingerprint density at radius 2 is 0.941 bits per heavy atom. The molecule has 0 aromatic carbocycles. The Morgan fingerprint density at radius 1 is 0.559 bits per heavy atom. The van der Waals surface area contributed by atoms with Gasteiger partial charge in [0, 0.05) is 6.54 Å². The van der Waals surface area contributed by atoms with Gasteiger partial charge in [-0.25, -0.2) is 4.79 Å². The Morgan fingerprint density at radius 3 is 1.35 bits per heavy atom. The molecule has 2 aliphatic rings. The molecule has 0 aromatic heterocycles. The third-order valence-corrected chi connectivity index (χ3v) is 7.90. The zero-order valence-corrected chi connectivity index (χ0v) is 23.2. The van der Waals surface area contributed by atoms with Crippen LogP contribution in [0.5, 0.6) is 0 Å². The summed E-state index contributed by atoms with van der Waals surface area (Å²) in [4.78, 5) is 43.1. The molecule has 2 aliphatic heterocycles. The molecule has 0 aromatic rings. The molecule has 3 amide bonds. The molecule has 198 valence electrons. The van der Waals surface area contributed by atoms with Crippen molar-refractivity contribution in [3.8, 4) is 0 Å². The van der Waals surface area contributed by atoms with Crippen LogP contribution in [-0.2, 0) is 4.79 Å². The van der Waals surface area contributed by atoms with Crippen molar-refractivity contribution >= 4 is 11.9 Å². The Labute approximate surface area is 208 Å². The summed E-state index contributed by atoms with van der Waals surface area (Å²) in [5.74, 6) is -0.0166. The van der Waals surface area contributed by atoms with E-state index < -0.39 is 0 Å². The molecule has 3 atom stereocenters. The number of likely N-dealkylation sites (tertiary alicyclic amines) is 1.